The molecule has 0 atom stereocenters. The van der Waals surface area contributed by atoms with Crippen molar-refractivity contribution >= 4 is 11.9 Å². The van der Waals surface area contributed by atoms with Gasteiger partial charge < -0.3 is 9.15 Å². The van der Waals surface area contributed by atoms with Gasteiger partial charge in [0.05, 0.1) is 12.9 Å². The summed E-state index contributed by atoms with van der Waals surface area (Å²) in [6.07, 6.45) is 3.28. The van der Waals surface area contributed by atoms with E-state index in [2.05, 4.69) is 22.4 Å². The van der Waals surface area contributed by atoms with Crippen LogP contribution >= 0.6 is 0 Å². The lowest BCUT2D eigenvalue weighted by atomic mass is 10.1. The van der Waals surface area contributed by atoms with E-state index in [-0.39, 0.29) is 17.7 Å². The molecular formula is C17H20N2O3. The third kappa shape index (κ3) is 5.09. The number of furan rings is 1. The van der Waals surface area contributed by atoms with Crippen molar-refractivity contribution in [3.05, 3.63) is 60.1 Å². The van der Waals surface area contributed by atoms with Crippen LogP contribution in [-0.2, 0) is 11.2 Å². The molecule has 0 saturated heterocycles. The fourth-order valence-corrected chi connectivity index (χ4v) is 1.93. The molecule has 22 heavy (non-hydrogen) atoms. The molecule has 1 aromatic carbocycles. The number of aryl methyl sites for hydroxylation is 1. The van der Waals surface area contributed by atoms with Gasteiger partial charge in [-0.25, -0.2) is 4.99 Å². The lowest BCUT2D eigenvalue weighted by molar-refractivity contribution is 0.0939. The average molecular weight is 300 g/mol. The molecule has 0 aliphatic carbocycles. The van der Waals surface area contributed by atoms with Crippen molar-refractivity contribution in [1.29, 1.82) is 0 Å². The topological polar surface area (TPSA) is 63.8 Å². The molecule has 0 aliphatic heterocycles. The summed E-state index contributed by atoms with van der Waals surface area (Å²) < 4.78 is 10.4. The second kappa shape index (κ2) is 8.67. The zero-order valence-electron chi connectivity index (χ0n) is 12.6. The van der Waals surface area contributed by atoms with Gasteiger partial charge >= 0.3 is 0 Å². The predicted octanol–water partition coefficient (Wildman–Crippen LogP) is 3.03. The van der Waals surface area contributed by atoms with E-state index in [9.17, 15) is 4.79 Å². The Hall–Kier alpha value is -2.56. The van der Waals surface area contributed by atoms with E-state index < -0.39 is 0 Å². The molecule has 1 amide bonds. The van der Waals surface area contributed by atoms with Crippen LogP contribution in [0.15, 0.2) is 58.1 Å². The van der Waals surface area contributed by atoms with Gasteiger partial charge in [0.2, 0.25) is 0 Å². The number of carbonyl (C=O) groups excluding carboxylic acids is 1. The number of carbonyl (C=O) groups is 1. The third-order valence-corrected chi connectivity index (χ3v) is 2.97. The molecule has 2 aromatic rings. The Morgan fingerprint density at radius 1 is 1.23 bits per heavy atom. The van der Waals surface area contributed by atoms with Crippen LogP contribution in [-0.4, -0.2) is 25.1 Å². The molecule has 5 heteroatoms. The highest BCUT2D eigenvalue weighted by Crippen LogP contribution is 2.03. The van der Waals surface area contributed by atoms with Gasteiger partial charge in [0.15, 0.2) is 5.76 Å². The number of hydrogen-bond donors (Lipinski definition) is 1. The number of benzene rings is 1. The van der Waals surface area contributed by atoms with Crippen LogP contribution in [0.5, 0.6) is 0 Å². The summed E-state index contributed by atoms with van der Waals surface area (Å²) in [4.78, 5) is 16.2. The SMILES string of the molecule is CCOC(=NCCCc1ccccc1)NC(=O)c1ccco1. The highest BCUT2D eigenvalue weighted by molar-refractivity contribution is 6.02. The van der Waals surface area contributed by atoms with Crippen molar-refractivity contribution in [2.75, 3.05) is 13.2 Å². The second-order valence-corrected chi connectivity index (χ2v) is 4.64. The second-order valence-electron chi connectivity index (χ2n) is 4.64. The number of nitrogens with one attached hydrogen (secondary N) is 1. The maximum Gasteiger partial charge on any atom is 0.294 e. The molecule has 0 fully saturated rings. The van der Waals surface area contributed by atoms with Gasteiger partial charge in [0.25, 0.3) is 11.9 Å². The third-order valence-electron chi connectivity index (χ3n) is 2.97. The Morgan fingerprint density at radius 2 is 2.05 bits per heavy atom. The first-order chi connectivity index (χ1) is 10.8. The van der Waals surface area contributed by atoms with E-state index in [4.69, 9.17) is 9.15 Å². The molecule has 0 aliphatic rings. The van der Waals surface area contributed by atoms with Crippen LogP contribution < -0.4 is 5.32 Å². The number of rotatable bonds is 6. The molecule has 1 aromatic heterocycles. The summed E-state index contributed by atoms with van der Waals surface area (Å²) >= 11 is 0. The van der Waals surface area contributed by atoms with E-state index in [0.717, 1.165) is 12.8 Å². The Balaban J connectivity index is 1.83. The van der Waals surface area contributed by atoms with Gasteiger partial charge in [-0.2, -0.15) is 0 Å². The van der Waals surface area contributed by atoms with E-state index in [1.165, 1.54) is 11.8 Å². The van der Waals surface area contributed by atoms with Crippen molar-refractivity contribution in [3.63, 3.8) is 0 Å². The number of aliphatic imine (C=N–C) groups is 1. The van der Waals surface area contributed by atoms with Crippen molar-refractivity contribution in [2.45, 2.75) is 19.8 Å². The zero-order valence-corrected chi connectivity index (χ0v) is 12.6. The van der Waals surface area contributed by atoms with Crippen LogP contribution in [0.3, 0.4) is 0 Å². The van der Waals surface area contributed by atoms with E-state index >= 15 is 0 Å². The van der Waals surface area contributed by atoms with Crippen LogP contribution in [0.2, 0.25) is 0 Å². The molecule has 0 bridgehead atoms. The van der Waals surface area contributed by atoms with Crippen LogP contribution in [0.4, 0.5) is 0 Å². The summed E-state index contributed by atoms with van der Waals surface area (Å²) in [5.41, 5.74) is 1.27. The number of amidine groups is 1. The first-order valence-corrected chi connectivity index (χ1v) is 7.35. The standard InChI is InChI=1S/C17H20N2O3/c1-2-21-17(19-16(20)15-11-7-13-22-15)18-12-6-10-14-8-4-3-5-9-14/h3-5,7-9,11,13H,2,6,10,12H2,1H3,(H,18,19,20). The normalized spacial score (nSPS) is 11.2. The highest BCUT2D eigenvalue weighted by Gasteiger charge is 2.11. The van der Waals surface area contributed by atoms with Gasteiger partial charge in [-0.15, -0.1) is 0 Å². The molecule has 0 spiro atoms. The highest BCUT2D eigenvalue weighted by atomic mass is 16.5. The fraction of sp³-hybridized carbons (Fsp3) is 0.294. The van der Waals surface area contributed by atoms with Gasteiger partial charge in [0.1, 0.15) is 0 Å². The molecule has 1 heterocycles. The Kier molecular flexibility index (Phi) is 6.23. The molecule has 0 saturated carbocycles. The Labute approximate surface area is 130 Å². The lowest BCUT2D eigenvalue weighted by Gasteiger charge is -2.08. The van der Waals surface area contributed by atoms with Crippen molar-refractivity contribution < 1.29 is 13.9 Å². The molecule has 0 unspecified atom stereocenters. The summed E-state index contributed by atoms with van der Waals surface area (Å²) in [7, 11) is 0. The maximum absolute atomic E-state index is 11.9. The maximum atomic E-state index is 11.9. The number of hydrogen-bond acceptors (Lipinski definition) is 4. The predicted molar refractivity (Wildman–Crippen MR) is 84.9 cm³/mol. The molecule has 116 valence electrons. The molecule has 1 N–H and O–H groups in total. The Morgan fingerprint density at radius 3 is 2.73 bits per heavy atom. The van der Waals surface area contributed by atoms with Crippen LogP contribution in [0, 0.1) is 0 Å². The quantitative estimate of drug-likeness (QED) is 0.506. The minimum atomic E-state index is -0.361. The van der Waals surface area contributed by atoms with Gasteiger partial charge in [-0.05, 0) is 37.5 Å². The van der Waals surface area contributed by atoms with Gasteiger partial charge in [-0.1, -0.05) is 30.3 Å². The van der Waals surface area contributed by atoms with E-state index in [1.54, 1.807) is 12.1 Å². The van der Waals surface area contributed by atoms with Crippen molar-refractivity contribution in [3.8, 4) is 0 Å². The first-order valence-electron chi connectivity index (χ1n) is 7.35. The molecule has 2 rings (SSSR count). The van der Waals surface area contributed by atoms with Gasteiger partial charge in [0, 0.05) is 6.54 Å². The van der Waals surface area contributed by atoms with E-state index in [1.807, 2.05) is 25.1 Å². The van der Waals surface area contributed by atoms with E-state index in [0.29, 0.717) is 13.2 Å². The number of nitrogens with zero attached hydrogens (tertiary/aromatic N) is 1. The van der Waals surface area contributed by atoms with Crippen LogP contribution in [0.25, 0.3) is 0 Å². The number of ether oxygens (including phenoxy) is 1. The first kappa shape index (κ1) is 15.8. The minimum Gasteiger partial charge on any atom is -0.465 e. The summed E-state index contributed by atoms with van der Waals surface area (Å²) in [5.74, 6) is -0.128. The monoisotopic (exact) mass is 300 g/mol. The zero-order chi connectivity index (χ0) is 15.6. The smallest absolute Gasteiger partial charge is 0.294 e. The summed E-state index contributed by atoms with van der Waals surface area (Å²) in [6, 6.07) is 13.7. The average Bonchev–Trinajstić information content (AvgIpc) is 3.07. The summed E-state index contributed by atoms with van der Waals surface area (Å²) in [5, 5.41) is 2.61. The fourth-order valence-electron chi connectivity index (χ4n) is 1.93. The number of amides is 1. The van der Waals surface area contributed by atoms with Gasteiger partial charge in [-0.3, -0.25) is 10.1 Å². The van der Waals surface area contributed by atoms with Crippen molar-refractivity contribution in [2.24, 2.45) is 4.99 Å². The molecule has 0 radical (unpaired) electrons. The molecular weight excluding hydrogens is 280 g/mol. The molecule has 5 nitrogen and oxygen atoms in total. The summed E-state index contributed by atoms with van der Waals surface area (Å²) in [6.45, 7) is 2.87. The Bertz CT molecular complexity index is 592. The lowest BCUT2D eigenvalue weighted by Crippen LogP contribution is -2.32. The largest absolute Gasteiger partial charge is 0.465 e. The van der Waals surface area contributed by atoms with Crippen molar-refractivity contribution in [1.82, 2.24) is 5.32 Å². The van der Waals surface area contributed by atoms with Crippen LogP contribution in [0.1, 0.15) is 29.5 Å². The minimum absolute atomic E-state index is 0.233.